The highest BCUT2D eigenvalue weighted by molar-refractivity contribution is 5.73. The van der Waals surface area contributed by atoms with Crippen molar-refractivity contribution >= 4 is 5.91 Å². The fourth-order valence-corrected chi connectivity index (χ4v) is 4.34. The number of benzene rings is 2. The molecule has 11 heteroatoms. The number of carbonyl (C=O) groups excluding carboxylic acids is 1. The first-order valence-corrected chi connectivity index (χ1v) is 12.1. The lowest BCUT2D eigenvalue weighted by atomic mass is 9.95. The van der Waals surface area contributed by atoms with Gasteiger partial charge in [0.25, 0.3) is 0 Å². The summed E-state index contributed by atoms with van der Waals surface area (Å²) in [5, 5.41) is 16.9. The van der Waals surface area contributed by atoms with Gasteiger partial charge in [0.2, 0.25) is 5.91 Å². The van der Waals surface area contributed by atoms with Crippen molar-refractivity contribution in [3.63, 3.8) is 0 Å². The molecule has 198 valence electrons. The normalized spacial score (nSPS) is 28.8. The van der Waals surface area contributed by atoms with Crippen LogP contribution >= 0.6 is 0 Å². The third-order valence-electron chi connectivity index (χ3n) is 6.10. The minimum absolute atomic E-state index is 0.189. The summed E-state index contributed by atoms with van der Waals surface area (Å²) in [6, 6.07) is 18.5. The molecule has 2 aliphatic heterocycles. The SMILES string of the molecule is CC(=O)N[C@H]1[C@H](OC[C@](C)(O)CN=[N+]=[N-])O[C@@H]2CO[C@@H](c3ccccc3)O[C@H]2[C@@H]1OCc1ccccc1. The largest absolute Gasteiger partial charge is 0.388 e. The second-order valence-electron chi connectivity index (χ2n) is 9.40. The smallest absolute Gasteiger partial charge is 0.217 e. The molecular weight excluding hydrogens is 480 g/mol. The summed E-state index contributed by atoms with van der Waals surface area (Å²) in [7, 11) is 0. The zero-order valence-corrected chi connectivity index (χ0v) is 20.8. The average Bonchev–Trinajstić information content (AvgIpc) is 2.91. The molecule has 4 rings (SSSR count). The van der Waals surface area contributed by atoms with Gasteiger partial charge in [-0.25, -0.2) is 0 Å². The fraction of sp³-hybridized carbons (Fsp3) is 0.500. The number of nitrogens with one attached hydrogen (secondary N) is 1. The van der Waals surface area contributed by atoms with Gasteiger partial charge in [-0.1, -0.05) is 65.8 Å². The molecule has 2 heterocycles. The van der Waals surface area contributed by atoms with Gasteiger partial charge in [-0.05, 0) is 18.0 Å². The van der Waals surface area contributed by atoms with Crippen LogP contribution in [0.1, 0.15) is 31.3 Å². The van der Waals surface area contributed by atoms with E-state index in [4.69, 9.17) is 29.2 Å². The Morgan fingerprint density at radius 2 is 1.86 bits per heavy atom. The maximum Gasteiger partial charge on any atom is 0.217 e. The molecule has 2 aromatic rings. The molecule has 0 aliphatic carbocycles. The van der Waals surface area contributed by atoms with Crippen LogP contribution in [0.25, 0.3) is 10.4 Å². The Bertz CT molecular complexity index is 1070. The molecule has 0 aromatic heterocycles. The number of amides is 1. The molecule has 2 fully saturated rings. The predicted octanol–water partition coefficient (Wildman–Crippen LogP) is 2.99. The lowest BCUT2D eigenvalue weighted by Gasteiger charge is -2.49. The van der Waals surface area contributed by atoms with E-state index in [1.807, 2.05) is 60.7 Å². The van der Waals surface area contributed by atoms with E-state index in [0.717, 1.165) is 11.1 Å². The summed E-state index contributed by atoms with van der Waals surface area (Å²) in [5.74, 6) is -0.304. The van der Waals surface area contributed by atoms with E-state index in [9.17, 15) is 9.90 Å². The molecule has 0 saturated carbocycles. The topological polar surface area (TPSA) is 144 Å². The molecule has 0 bridgehead atoms. The van der Waals surface area contributed by atoms with Crippen LogP contribution in [0.2, 0.25) is 0 Å². The van der Waals surface area contributed by atoms with Gasteiger partial charge in [0.1, 0.15) is 24.4 Å². The van der Waals surface area contributed by atoms with Crippen molar-refractivity contribution in [2.75, 3.05) is 19.8 Å². The standard InChI is InChI=1S/C26H32N4O7/c1-17(31)29-21-23(33-13-18-9-5-3-6-10-18)22-20(14-34-24(37-22)19-11-7-4-8-12-19)36-25(21)35-16-26(2,32)15-28-30-27/h3-12,20-25,32H,13-16H2,1-2H3,(H,29,31)/t20-,21-,22-,23-,24-,25-,26-/m1/s1. The van der Waals surface area contributed by atoms with E-state index in [0.29, 0.717) is 0 Å². The molecule has 0 spiro atoms. The lowest BCUT2D eigenvalue weighted by molar-refractivity contribution is -0.352. The molecule has 11 nitrogen and oxygen atoms in total. The van der Waals surface area contributed by atoms with Crippen LogP contribution in [0.4, 0.5) is 0 Å². The van der Waals surface area contributed by atoms with Crippen molar-refractivity contribution in [3.05, 3.63) is 82.2 Å². The van der Waals surface area contributed by atoms with E-state index in [-0.39, 0.29) is 32.3 Å². The highest BCUT2D eigenvalue weighted by Gasteiger charge is 2.51. The number of rotatable bonds is 10. The Balaban J connectivity index is 1.58. The first-order valence-electron chi connectivity index (χ1n) is 12.1. The first kappa shape index (κ1) is 27.0. The molecule has 1 amide bonds. The van der Waals surface area contributed by atoms with Gasteiger partial charge < -0.3 is 34.1 Å². The minimum Gasteiger partial charge on any atom is -0.388 e. The van der Waals surface area contributed by atoms with Crippen molar-refractivity contribution in [2.24, 2.45) is 5.11 Å². The average molecular weight is 513 g/mol. The van der Waals surface area contributed by atoms with Gasteiger partial charge in [-0.2, -0.15) is 0 Å². The van der Waals surface area contributed by atoms with Gasteiger partial charge in [-0.3, -0.25) is 4.79 Å². The summed E-state index contributed by atoms with van der Waals surface area (Å²) < 4.78 is 30.8. The highest BCUT2D eigenvalue weighted by Crippen LogP contribution is 2.36. The Labute approximate surface area is 215 Å². The summed E-state index contributed by atoms with van der Waals surface area (Å²) >= 11 is 0. The zero-order chi connectivity index (χ0) is 26.3. The van der Waals surface area contributed by atoms with Gasteiger partial charge >= 0.3 is 0 Å². The number of azide groups is 1. The molecule has 2 N–H and O–H groups in total. The van der Waals surface area contributed by atoms with E-state index in [1.165, 1.54) is 13.8 Å². The second-order valence-corrected chi connectivity index (χ2v) is 9.40. The van der Waals surface area contributed by atoms with Crippen LogP contribution in [0.5, 0.6) is 0 Å². The van der Waals surface area contributed by atoms with Crippen LogP contribution in [0, 0.1) is 0 Å². The van der Waals surface area contributed by atoms with Gasteiger partial charge in [0, 0.05) is 17.4 Å². The number of aliphatic hydroxyl groups is 1. The molecular formula is C26H32N4O7. The highest BCUT2D eigenvalue weighted by atomic mass is 16.8. The lowest BCUT2D eigenvalue weighted by Crippen LogP contribution is -2.67. The number of fused-ring (bicyclic) bond motifs is 1. The molecule has 2 aromatic carbocycles. The summed E-state index contributed by atoms with van der Waals surface area (Å²) in [6.07, 6.45) is -3.41. The van der Waals surface area contributed by atoms with Crippen molar-refractivity contribution < 1.29 is 33.6 Å². The van der Waals surface area contributed by atoms with Crippen LogP contribution in [-0.4, -0.2) is 67.0 Å². The van der Waals surface area contributed by atoms with E-state index in [2.05, 4.69) is 15.3 Å². The molecule has 37 heavy (non-hydrogen) atoms. The predicted molar refractivity (Wildman–Crippen MR) is 132 cm³/mol. The fourth-order valence-electron chi connectivity index (χ4n) is 4.34. The Kier molecular flexibility index (Phi) is 9.12. The number of hydrogen-bond donors (Lipinski definition) is 2. The van der Waals surface area contributed by atoms with E-state index < -0.39 is 42.5 Å². The van der Waals surface area contributed by atoms with Gasteiger partial charge in [0.05, 0.1) is 32.0 Å². The van der Waals surface area contributed by atoms with Crippen molar-refractivity contribution in [2.45, 2.75) is 63.0 Å². The molecule has 0 unspecified atom stereocenters. The van der Waals surface area contributed by atoms with Gasteiger partial charge in [-0.15, -0.1) is 0 Å². The monoisotopic (exact) mass is 512 g/mol. The number of hydrogen-bond acceptors (Lipinski definition) is 8. The van der Waals surface area contributed by atoms with Crippen LogP contribution in [0.3, 0.4) is 0 Å². The minimum atomic E-state index is -1.44. The molecule has 7 atom stereocenters. The molecule has 2 saturated heterocycles. The van der Waals surface area contributed by atoms with Crippen molar-refractivity contribution in [1.82, 2.24) is 5.32 Å². The first-order chi connectivity index (χ1) is 17.9. The van der Waals surface area contributed by atoms with Crippen molar-refractivity contribution in [1.29, 1.82) is 0 Å². The van der Waals surface area contributed by atoms with E-state index in [1.54, 1.807) is 0 Å². The van der Waals surface area contributed by atoms with Crippen molar-refractivity contribution in [3.8, 4) is 0 Å². The zero-order valence-electron chi connectivity index (χ0n) is 20.8. The summed E-state index contributed by atoms with van der Waals surface area (Å²) in [4.78, 5) is 14.9. The maximum absolute atomic E-state index is 12.2. The summed E-state index contributed by atoms with van der Waals surface area (Å²) in [5.41, 5.74) is 8.96. The number of carbonyl (C=O) groups is 1. The third-order valence-corrected chi connectivity index (χ3v) is 6.10. The Morgan fingerprint density at radius 3 is 2.54 bits per heavy atom. The number of nitrogens with zero attached hydrogens (tertiary/aromatic N) is 3. The number of ether oxygens (including phenoxy) is 5. The van der Waals surface area contributed by atoms with E-state index >= 15 is 0 Å². The third kappa shape index (κ3) is 7.27. The van der Waals surface area contributed by atoms with Crippen LogP contribution < -0.4 is 5.32 Å². The molecule has 2 aliphatic rings. The van der Waals surface area contributed by atoms with Gasteiger partial charge in [0.15, 0.2) is 12.6 Å². The second kappa shape index (κ2) is 12.5. The quantitative estimate of drug-likeness (QED) is 0.283. The molecule has 0 radical (unpaired) electrons. The maximum atomic E-state index is 12.2. The summed E-state index contributed by atoms with van der Waals surface area (Å²) in [6.45, 7) is 2.97. The van der Waals surface area contributed by atoms with Crippen LogP contribution in [0.15, 0.2) is 65.8 Å². The Morgan fingerprint density at radius 1 is 1.16 bits per heavy atom. The Hall–Kier alpha value is -3.02. The van der Waals surface area contributed by atoms with Crippen LogP contribution in [-0.2, 0) is 35.1 Å².